The zero-order chi connectivity index (χ0) is 15.4. The van der Waals surface area contributed by atoms with E-state index in [2.05, 4.69) is 5.32 Å². The molecule has 110 valence electrons. The minimum absolute atomic E-state index is 0.139. The van der Waals surface area contributed by atoms with E-state index in [-0.39, 0.29) is 17.8 Å². The number of carbonyl (C=O) groups excluding carboxylic acids is 2. The topological polar surface area (TPSA) is 55.4 Å². The van der Waals surface area contributed by atoms with Crippen LogP contribution in [0, 0.1) is 0 Å². The van der Waals surface area contributed by atoms with E-state index in [1.165, 1.54) is 18.3 Å². The number of hydrogen-bond acceptors (Lipinski definition) is 4. The van der Waals surface area contributed by atoms with Crippen molar-refractivity contribution in [3.8, 4) is 5.75 Å². The molecule has 2 aromatic rings. The van der Waals surface area contributed by atoms with Crippen LogP contribution in [-0.2, 0) is 4.79 Å². The van der Waals surface area contributed by atoms with E-state index in [0.29, 0.717) is 16.3 Å². The molecule has 0 aliphatic carbocycles. The van der Waals surface area contributed by atoms with Crippen LogP contribution in [0.5, 0.6) is 5.75 Å². The first kappa shape index (κ1) is 15.3. The first-order valence-electron chi connectivity index (χ1n) is 6.64. The van der Waals surface area contributed by atoms with Crippen molar-refractivity contribution < 1.29 is 14.3 Å². The lowest BCUT2D eigenvalue weighted by molar-refractivity contribution is -0.114. The molecule has 0 aliphatic rings. The number of rotatable bonds is 4. The van der Waals surface area contributed by atoms with Crippen LogP contribution in [0.3, 0.4) is 0 Å². The number of nitrogens with one attached hydrogen (secondary N) is 1. The molecule has 1 N–H and O–H groups in total. The van der Waals surface area contributed by atoms with Crippen LogP contribution in [-0.4, -0.2) is 11.9 Å². The van der Waals surface area contributed by atoms with Gasteiger partial charge in [0.2, 0.25) is 5.91 Å². The third kappa shape index (κ3) is 3.92. The number of anilines is 1. The number of esters is 1. The van der Waals surface area contributed by atoms with Crippen molar-refractivity contribution in [2.24, 2.45) is 0 Å². The highest BCUT2D eigenvalue weighted by molar-refractivity contribution is 7.12. The van der Waals surface area contributed by atoms with Gasteiger partial charge in [-0.05, 0) is 47.2 Å². The number of ether oxygens (including phenoxy) is 1. The summed E-state index contributed by atoms with van der Waals surface area (Å²) in [6.45, 7) is 5.53. The van der Waals surface area contributed by atoms with E-state index >= 15 is 0 Å². The van der Waals surface area contributed by atoms with Crippen LogP contribution < -0.4 is 10.1 Å². The molecule has 5 heteroatoms. The van der Waals surface area contributed by atoms with E-state index in [9.17, 15) is 9.59 Å². The minimum atomic E-state index is -0.346. The van der Waals surface area contributed by atoms with Crippen molar-refractivity contribution in [1.82, 2.24) is 0 Å². The van der Waals surface area contributed by atoms with Crippen LogP contribution in [0.4, 0.5) is 5.69 Å². The van der Waals surface area contributed by atoms with Crippen molar-refractivity contribution in [2.75, 3.05) is 5.32 Å². The molecular weight excluding hydrogens is 286 g/mol. The van der Waals surface area contributed by atoms with Gasteiger partial charge in [-0.25, -0.2) is 4.79 Å². The van der Waals surface area contributed by atoms with Crippen LogP contribution in [0.25, 0.3) is 0 Å². The van der Waals surface area contributed by atoms with Crippen molar-refractivity contribution in [3.05, 3.63) is 46.2 Å². The summed E-state index contributed by atoms with van der Waals surface area (Å²) in [5.74, 6) is 0.249. The fourth-order valence-electron chi connectivity index (χ4n) is 1.90. The Morgan fingerprint density at radius 1 is 1.14 bits per heavy atom. The summed E-state index contributed by atoms with van der Waals surface area (Å²) in [4.78, 5) is 23.8. The second-order valence-corrected chi connectivity index (χ2v) is 5.87. The Hall–Kier alpha value is -2.14. The SMILES string of the molecule is CC(=O)Nc1ccc(OC(=O)c2sccc2C(C)C)cc1. The van der Waals surface area contributed by atoms with Gasteiger partial charge < -0.3 is 10.1 Å². The number of thiophene rings is 1. The van der Waals surface area contributed by atoms with Crippen LogP contribution in [0.1, 0.15) is 41.9 Å². The van der Waals surface area contributed by atoms with Crippen LogP contribution >= 0.6 is 11.3 Å². The summed E-state index contributed by atoms with van der Waals surface area (Å²) in [6.07, 6.45) is 0. The van der Waals surface area contributed by atoms with Gasteiger partial charge in [0.15, 0.2) is 0 Å². The molecule has 0 aliphatic heterocycles. The molecule has 1 aromatic carbocycles. The molecule has 0 spiro atoms. The summed E-state index contributed by atoms with van der Waals surface area (Å²) in [5, 5.41) is 4.55. The molecule has 1 amide bonds. The average Bonchev–Trinajstić information content (AvgIpc) is 2.90. The maximum Gasteiger partial charge on any atom is 0.353 e. The first-order chi connectivity index (χ1) is 9.97. The Labute approximate surface area is 127 Å². The summed E-state index contributed by atoms with van der Waals surface area (Å²) in [5.41, 5.74) is 1.67. The lowest BCUT2D eigenvalue weighted by atomic mass is 10.0. The Bertz CT molecular complexity index is 644. The molecule has 0 saturated heterocycles. The van der Waals surface area contributed by atoms with E-state index in [1.807, 2.05) is 25.3 Å². The summed E-state index contributed by atoms with van der Waals surface area (Å²) in [6, 6.07) is 8.66. The Kier molecular flexibility index (Phi) is 4.75. The second-order valence-electron chi connectivity index (χ2n) is 4.95. The maximum absolute atomic E-state index is 12.2. The van der Waals surface area contributed by atoms with Gasteiger partial charge >= 0.3 is 5.97 Å². The maximum atomic E-state index is 12.2. The van der Waals surface area contributed by atoms with Gasteiger partial charge in [-0.15, -0.1) is 11.3 Å². The number of hydrogen-bond donors (Lipinski definition) is 1. The van der Waals surface area contributed by atoms with E-state index in [4.69, 9.17) is 4.74 Å². The van der Waals surface area contributed by atoms with Gasteiger partial charge in [-0.2, -0.15) is 0 Å². The van der Waals surface area contributed by atoms with Gasteiger partial charge in [0, 0.05) is 12.6 Å². The molecule has 0 bridgehead atoms. The Morgan fingerprint density at radius 2 is 1.81 bits per heavy atom. The van der Waals surface area contributed by atoms with E-state index < -0.39 is 0 Å². The lowest BCUT2D eigenvalue weighted by Gasteiger charge is -2.08. The smallest absolute Gasteiger partial charge is 0.353 e. The predicted octanol–water partition coefficient (Wildman–Crippen LogP) is 4.05. The first-order valence-corrected chi connectivity index (χ1v) is 7.52. The van der Waals surface area contributed by atoms with Crippen molar-refractivity contribution >= 4 is 28.9 Å². The van der Waals surface area contributed by atoms with E-state index in [0.717, 1.165) is 5.56 Å². The molecular formula is C16H17NO3S. The fraction of sp³-hybridized carbons (Fsp3) is 0.250. The predicted molar refractivity (Wildman–Crippen MR) is 84.1 cm³/mol. The van der Waals surface area contributed by atoms with Gasteiger partial charge in [0.25, 0.3) is 0 Å². The van der Waals surface area contributed by atoms with Crippen molar-refractivity contribution in [2.45, 2.75) is 26.7 Å². The molecule has 0 fully saturated rings. The standard InChI is InChI=1S/C16H17NO3S/c1-10(2)14-8-9-21-15(14)16(19)20-13-6-4-12(5-7-13)17-11(3)18/h4-10H,1-3H3,(H,17,18). The highest BCUT2D eigenvalue weighted by Gasteiger charge is 2.17. The molecule has 0 saturated carbocycles. The molecule has 1 heterocycles. The van der Waals surface area contributed by atoms with Crippen molar-refractivity contribution in [1.29, 1.82) is 0 Å². The fourth-order valence-corrected chi connectivity index (χ4v) is 2.83. The van der Waals surface area contributed by atoms with Gasteiger partial charge in [-0.3, -0.25) is 4.79 Å². The highest BCUT2D eigenvalue weighted by Crippen LogP contribution is 2.26. The third-order valence-corrected chi connectivity index (χ3v) is 3.80. The quantitative estimate of drug-likeness (QED) is 0.685. The minimum Gasteiger partial charge on any atom is -0.422 e. The number of amides is 1. The summed E-state index contributed by atoms with van der Waals surface area (Å²) >= 11 is 1.39. The lowest BCUT2D eigenvalue weighted by Crippen LogP contribution is -2.10. The van der Waals surface area contributed by atoms with Gasteiger partial charge in [0.05, 0.1) is 0 Å². The Balaban J connectivity index is 2.09. The largest absolute Gasteiger partial charge is 0.422 e. The van der Waals surface area contributed by atoms with Gasteiger partial charge in [0.1, 0.15) is 10.6 Å². The van der Waals surface area contributed by atoms with Crippen molar-refractivity contribution in [3.63, 3.8) is 0 Å². The van der Waals surface area contributed by atoms with Crippen LogP contribution in [0.2, 0.25) is 0 Å². The number of carbonyl (C=O) groups is 2. The van der Waals surface area contributed by atoms with E-state index in [1.54, 1.807) is 24.3 Å². The average molecular weight is 303 g/mol. The zero-order valence-electron chi connectivity index (χ0n) is 12.2. The van der Waals surface area contributed by atoms with Crippen LogP contribution in [0.15, 0.2) is 35.7 Å². The molecule has 21 heavy (non-hydrogen) atoms. The second kappa shape index (κ2) is 6.54. The summed E-state index contributed by atoms with van der Waals surface area (Å²) < 4.78 is 5.37. The normalized spacial score (nSPS) is 10.5. The highest BCUT2D eigenvalue weighted by atomic mass is 32.1. The molecule has 0 unspecified atom stereocenters. The molecule has 0 radical (unpaired) electrons. The molecule has 0 atom stereocenters. The zero-order valence-corrected chi connectivity index (χ0v) is 13.0. The Morgan fingerprint density at radius 3 is 2.38 bits per heavy atom. The molecule has 4 nitrogen and oxygen atoms in total. The third-order valence-electron chi connectivity index (χ3n) is 2.89. The van der Waals surface area contributed by atoms with Gasteiger partial charge in [-0.1, -0.05) is 13.8 Å². The molecule has 1 aromatic heterocycles. The summed E-state index contributed by atoms with van der Waals surface area (Å²) in [7, 11) is 0. The molecule has 2 rings (SSSR count). The monoisotopic (exact) mass is 303 g/mol. The number of benzene rings is 1.